The highest BCUT2D eigenvalue weighted by atomic mass is 32.2. The second-order valence-electron chi connectivity index (χ2n) is 6.40. The van der Waals surface area contributed by atoms with Gasteiger partial charge in [0.25, 0.3) is 16.7 Å². The van der Waals surface area contributed by atoms with E-state index < -0.39 is 0 Å². The van der Waals surface area contributed by atoms with Crippen molar-refractivity contribution in [1.82, 2.24) is 14.9 Å². The fraction of sp³-hybridized carbons (Fsp3) is 0.143. The minimum atomic E-state index is -0.384. The molecule has 1 aliphatic heterocycles. The van der Waals surface area contributed by atoms with Gasteiger partial charge in [0.05, 0.1) is 22.4 Å². The van der Waals surface area contributed by atoms with Gasteiger partial charge >= 0.3 is 0 Å². The van der Waals surface area contributed by atoms with Gasteiger partial charge in [-0.1, -0.05) is 24.3 Å². The first kappa shape index (κ1) is 18.9. The lowest BCUT2D eigenvalue weighted by atomic mass is 10.2. The van der Waals surface area contributed by atoms with E-state index in [2.05, 4.69) is 10.3 Å². The van der Waals surface area contributed by atoms with Gasteiger partial charge in [-0.05, 0) is 54.6 Å². The molecule has 0 atom stereocenters. The Hall–Kier alpha value is -3.39. The molecule has 0 spiro atoms. The monoisotopic (exact) mass is 407 g/mol. The van der Waals surface area contributed by atoms with E-state index in [4.69, 9.17) is 4.74 Å². The summed E-state index contributed by atoms with van der Waals surface area (Å²) in [6.45, 7) is 2.50. The van der Waals surface area contributed by atoms with Crippen LogP contribution in [0.15, 0.2) is 58.2 Å². The maximum absolute atomic E-state index is 12.7. The van der Waals surface area contributed by atoms with Crippen molar-refractivity contribution >= 4 is 39.9 Å². The highest BCUT2D eigenvalue weighted by Crippen LogP contribution is 2.26. The van der Waals surface area contributed by atoms with Crippen molar-refractivity contribution in [1.29, 1.82) is 0 Å². The normalized spacial score (nSPS) is 15.1. The number of para-hydroxylation sites is 1. The van der Waals surface area contributed by atoms with Gasteiger partial charge in [0.15, 0.2) is 0 Å². The number of ether oxygens (including phenoxy) is 1. The number of hydrogen-bond donors (Lipinski definition) is 1. The molecular formula is C21H17N3O4S. The zero-order chi connectivity index (χ0) is 20.4. The summed E-state index contributed by atoms with van der Waals surface area (Å²) >= 11 is 0.880. The zero-order valence-electron chi connectivity index (χ0n) is 15.5. The molecule has 2 amide bonds. The summed E-state index contributed by atoms with van der Waals surface area (Å²) in [7, 11) is 0. The van der Waals surface area contributed by atoms with Crippen LogP contribution in [0, 0.1) is 6.92 Å². The Bertz CT molecular complexity index is 1200. The summed E-state index contributed by atoms with van der Waals surface area (Å²) in [5.74, 6) is 0.900. The lowest BCUT2D eigenvalue weighted by molar-refractivity contribution is -0.115. The Morgan fingerprint density at radius 1 is 1.10 bits per heavy atom. The number of benzene rings is 2. The van der Waals surface area contributed by atoms with Crippen molar-refractivity contribution in [2.75, 3.05) is 6.61 Å². The van der Waals surface area contributed by atoms with Gasteiger partial charge in [-0.25, -0.2) is 4.98 Å². The second-order valence-corrected chi connectivity index (χ2v) is 7.42. The lowest BCUT2D eigenvalue weighted by Crippen LogP contribution is -2.26. The number of nitrogens with zero attached hydrogens (tertiary/aromatic N) is 2. The Morgan fingerprint density at radius 3 is 2.59 bits per heavy atom. The van der Waals surface area contributed by atoms with Crippen LogP contribution in [0.5, 0.6) is 5.75 Å². The average Bonchev–Trinajstić information content (AvgIpc) is 3.02. The summed E-state index contributed by atoms with van der Waals surface area (Å²) in [6.07, 6.45) is 1.65. The van der Waals surface area contributed by atoms with Crippen LogP contribution in [-0.4, -0.2) is 27.3 Å². The molecule has 1 aromatic heterocycles. The minimum absolute atomic E-state index is 0.0828. The Morgan fingerprint density at radius 2 is 1.86 bits per heavy atom. The fourth-order valence-electron chi connectivity index (χ4n) is 3.03. The third-order valence-corrected chi connectivity index (χ3v) is 5.27. The van der Waals surface area contributed by atoms with E-state index in [1.54, 1.807) is 47.9 Å². The lowest BCUT2D eigenvalue weighted by Gasteiger charge is -2.12. The molecule has 0 unspecified atom stereocenters. The topological polar surface area (TPSA) is 90.3 Å². The predicted octanol–water partition coefficient (Wildman–Crippen LogP) is 3.11. The Labute approximate surface area is 170 Å². The van der Waals surface area contributed by atoms with Crippen LogP contribution in [0.2, 0.25) is 0 Å². The van der Waals surface area contributed by atoms with Crippen LogP contribution in [0.4, 0.5) is 4.79 Å². The van der Waals surface area contributed by atoms with Crippen LogP contribution in [0.3, 0.4) is 0 Å². The van der Waals surface area contributed by atoms with Crippen molar-refractivity contribution in [3.63, 3.8) is 0 Å². The van der Waals surface area contributed by atoms with Gasteiger partial charge < -0.3 is 4.74 Å². The number of carbonyl (C=O) groups excluding carboxylic acids is 2. The summed E-state index contributed by atoms with van der Waals surface area (Å²) in [5.41, 5.74) is 1.39. The van der Waals surface area contributed by atoms with E-state index in [9.17, 15) is 14.4 Å². The largest absolute Gasteiger partial charge is 0.492 e. The van der Waals surface area contributed by atoms with E-state index in [-0.39, 0.29) is 16.7 Å². The molecule has 1 saturated heterocycles. The number of imide groups is 1. The molecule has 8 heteroatoms. The van der Waals surface area contributed by atoms with Crippen LogP contribution in [-0.2, 0) is 11.3 Å². The van der Waals surface area contributed by atoms with Crippen LogP contribution in [0.25, 0.3) is 17.0 Å². The first-order valence-electron chi connectivity index (χ1n) is 8.95. The summed E-state index contributed by atoms with van der Waals surface area (Å²) < 4.78 is 7.35. The maximum Gasteiger partial charge on any atom is 0.290 e. The molecule has 0 aliphatic carbocycles. The highest BCUT2D eigenvalue weighted by Gasteiger charge is 2.24. The molecule has 3 aromatic rings. The molecule has 29 heavy (non-hydrogen) atoms. The summed E-state index contributed by atoms with van der Waals surface area (Å²) in [4.78, 5) is 40.3. The van der Waals surface area contributed by atoms with Crippen LogP contribution >= 0.6 is 11.8 Å². The third-order valence-electron chi connectivity index (χ3n) is 4.46. The molecule has 0 saturated carbocycles. The molecule has 4 rings (SSSR count). The number of fused-ring (bicyclic) bond motifs is 1. The molecule has 1 N–H and O–H groups in total. The van der Waals surface area contributed by atoms with Gasteiger partial charge in [0.1, 0.15) is 18.2 Å². The highest BCUT2D eigenvalue weighted by molar-refractivity contribution is 8.18. The Balaban J connectivity index is 1.42. The predicted molar refractivity (Wildman–Crippen MR) is 112 cm³/mol. The number of thioether (sulfide) groups is 1. The Kier molecular flexibility index (Phi) is 5.18. The SMILES string of the molecule is Cc1nc2ccccc2c(=O)n1CCOc1ccc(/C=C2\SC(=O)NC2=O)cc1. The first-order chi connectivity index (χ1) is 14.0. The van der Waals surface area contributed by atoms with Gasteiger partial charge in [0, 0.05) is 0 Å². The molecule has 7 nitrogen and oxygen atoms in total. The number of hydrogen-bond acceptors (Lipinski definition) is 6. The molecule has 0 bridgehead atoms. The van der Waals surface area contributed by atoms with E-state index in [0.29, 0.717) is 40.5 Å². The van der Waals surface area contributed by atoms with Crippen molar-refractivity contribution in [2.45, 2.75) is 13.5 Å². The van der Waals surface area contributed by atoms with Gasteiger partial charge in [-0.3, -0.25) is 24.3 Å². The van der Waals surface area contributed by atoms with Crippen LogP contribution in [0.1, 0.15) is 11.4 Å². The number of amides is 2. The zero-order valence-corrected chi connectivity index (χ0v) is 16.4. The van der Waals surface area contributed by atoms with Crippen molar-refractivity contribution in [3.05, 3.63) is 75.2 Å². The fourth-order valence-corrected chi connectivity index (χ4v) is 3.71. The number of aromatic nitrogens is 2. The van der Waals surface area contributed by atoms with Gasteiger partial charge in [0.2, 0.25) is 0 Å². The smallest absolute Gasteiger partial charge is 0.290 e. The van der Waals surface area contributed by atoms with Gasteiger partial charge in [-0.15, -0.1) is 0 Å². The summed E-state index contributed by atoms with van der Waals surface area (Å²) in [6, 6.07) is 14.4. The number of nitrogens with one attached hydrogen (secondary N) is 1. The van der Waals surface area contributed by atoms with E-state index in [0.717, 1.165) is 17.3 Å². The third kappa shape index (κ3) is 4.07. The van der Waals surface area contributed by atoms with Crippen molar-refractivity contribution in [3.8, 4) is 5.75 Å². The molecule has 0 radical (unpaired) electrons. The summed E-state index contributed by atoms with van der Waals surface area (Å²) in [5, 5.41) is 2.44. The van der Waals surface area contributed by atoms with E-state index >= 15 is 0 Å². The van der Waals surface area contributed by atoms with E-state index in [1.807, 2.05) is 18.2 Å². The molecular weight excluding hydrogens is 390 g/mol. The number of rotatable bonds is 5. The van der Waals surface area contributed by atoms with Crippen molar-refractivity contribution in [2.24, 2.45) is 0 Å². The number of carbonyl (C=O) groups is 2. The van der Waals surface area contributed by atoms with Gasteiger partial charge in [-0.2, -0.15) is 0 Å². The average molecular weight is 407 g/mol. The molecule has 1 aliphatic rings. The van der Waals surface area contributed by atoms with Crippen LogP contribution < -0.4 is 15.6 Å². The van der Waals surface area contributed by atoms with Crippen molar-refractivity contribution < 1.29 is 14.3 Å². The molecule has 146 valence electrons. The first-order valence-corrected chi connectivity index (χ1v) is 9.77. The van der Waals surface area contributed by atoms with E-state index in [1.165, 1.54) is 0 Å². The number of aryl methyl sites for hydroxylation is 1. The minimum Gasteiger partial charge on any atom is -0.492 e. The standard InChI is InChI=1S/C21H17N3O4S/c1-13-22-17-5-3-2-4-16(17)20(26)24(13)10-11-28-15-8-6-14(7-9-15)12-18-19(25)23-21(27)29-18/h2-9,12H,10-11H2,1H3,(H,23,25,27)/b18-12-. The quantitative estimate of drug-likeness (QED) is 0.654. The molecule has 1 fully saturated rings. The second kappa shape index (κ2) is 7.92. The molecule has 2 heterocycles. The molecule has 2 aromatic carbocycles. The maximum atomic E-state index is 12.7.